The molecule has 126 valence electrons. The van der Waals surface area contributed by atoms with Crippen molar-refractivity contribution in [1.29, 1.82) is 0 Å². The van der Waals surface area contributed by atoms with Crippen LogP contribution in [0.4, 0.5) is 11.5 Å². The monoisotopic (exact) mass is 344 g/mol. The van der Waals surface area contributed by atoms with Crippen LogP contribution in [0.3, 0.4) is 0 Å². The zero-order valence-corrected chi connectivity index (χ0v) is 14.2. The molecule has 1 unspecified atom stereocenters. The summed E-state index contributed by atoms with van der Waals surface area (Å²) in [4.78, 5) is 21.0. The molecule has 2 aromatic rings. The Kier molecular flexibility index (Phi) is 5.67. The summed E-state index contributed by atoms with van der Waals surface area (Å²) < 4.78 is 0. The number of benzene rings is 1. The van der Waals surface area contributed by atoms with Gasteiger partial charge >= 0.3 is 0 Å². The van der Waals surface area contributed by atoms with Gasteiger partial charge in [0.1, 0.15) is 11.2 Å². The zero-order chi connectivity index (χ0) is 16.8. The van der Waals surface area contributed by atoms with Crippen molar-refractivity contribution in [3.63, 3.8) is 0 Å². The van der Waals surface area contributed by atoms with Crippen molar-refractivity contribution in [2.24, 2.45) is 0 Å². The first-order chi connectivity index (χ1) is 11.7. The molecule has 5 nitrogen and oxygen atoms in total. The highest BCUT2D eigenvalue weighted by molar-refractivity contribution is 6.32. The number of alkyl halides is 1. The maximum Gasteiger partial charge on any atom is 0.243 e. The predicted octanol–water partition coefficient (Wildman–Crippen LogP) is 2.45. The van der Waals surface area contributed by atoms with Crippen molar-refractivity contribution in [3.8, 4) is 0 Å². The smallest absolute Gasteiger partial charge is 0.243 e. The molecule has 0 saturated carbocycles. The van der Waals surface area contributed by atoms with Crippen LogP contribution in [0, 0.1) is 0 Å². The van der Waals surface area contributed by atoms with Gasteiger partial charge in [-0.2, -0.15) is 0 Å². The number of amides is 1. The molecule has 1 aliphatic heterocycles. The van der Waals surface area contributed by atoms with Crippen LogP contribution in [0.2, 0.25) is 0 Å². The van der Waals surface area contributed by atoms with E-state index in [1.165, 1.54) is 0 Å². The minimum absolute atomic E-state index is 0.157. The van der Waals surface area contributed by atoms with Crippen LogP contribution >= 0.6 is 11.6 Å². The quantitative estimate of drug-likeness (QED) is 0.846. The van der Waals surface area contributed by atoms with Crippen molar-refractivity contribution in [2.75, 3.05) is 42.9 Å². The second-order valence-electron chi connectivity index (χ2n) is 5.80. The number of halogens is 1. The van der Waals surface area contributed by atoms with Crippen LogP contribution in [-0.4, -0.2) is 53.9 Å². The predicted molar refractivity (Wildman–Crippen MR) is 97.6 cm³/mol. The van der Waals surface area contributed by atoms with Gasteiger partial charge in [0.25, 0.3) is 0 Å². The molecule has 3 rings (SSSR count). The Bertz CT molecular complexity index is 645. The largest absolute Gasteiger partial charge is 0.354 e. The van der Waals surface area contributed by atoms with E-state index in [-0.39, 0.29) is 5.91 Å². The Morgan fingerprint density at radius 1 is 1.08 bits per heavy atom. The van der Waals surface area contributed by atoms with E-state index in [4.69, 9.17) is 11.6 Å². The maximum absolute atomic E-state index is 12.2. The standard InChI is InChI=1S/C18H21ClN4O/c19-16(18(24)21-15-6-2-1-3-7-15)14-22-10-12-23(13-11-22)17-8-4-5-9-20-17/h1-9,16H,10-14H2,(H,21,24). The summed E-state index contributed by atoms with van der Waals surface area (Å²) in [5.41, 5.74) is 0.771. The lowest BCUT2D eigenvalue weighted by Crippen LogP contribution is -2.49. The number of carbonyl (C=O) groups is 1. The zero-order valence-electron chi connectivity index (χ0n) is 13.4. The van der Waals surface area contributed by atoms with Crippen molar-refractivity contribution < 1.29 is 4.79 Å². The first-order valence-corrected chi connectivity index (χ1v) is 8.54. The number of hydrogen-bond donors (Lipinski definition) is 1. The number of hydrogen-bond acceptors (Lipinski definition) is 4. The van der Waals surface area contributed by atoms with Gasteiger partial charge in [0, 0.05) is 44.6 Å². The van der Waals surface area contributed by atoms with E-state index in [2.05, 4.69) is 20.1 Å². The average Bonchev–Trinajstić information content (AvgIpc) is 2.64. The number of rotatable bonds is 5. The molecule has 2 heterocycles. The summed E-state index contributed by atoms with van der Waals surface area (Å²) in [7, 11) is 0. The first-order valence-electron chi connectivity index (χ1n) is 8.11. The van der Waals surface area contributed by atoms with Crippen LogP contribution in [0.5, 0.6) is 0 Å². The van der Waals surface area contributed by atoms with Crippen molar-refractivity contribution in [1.82, 2.24) is 9.88 Å². The van der Waals surface area contributed by atoms with Crippen molar-refractivity contribution in [2.45, 2.75) is 5.38 Å². The average molecular weight is 345 g/mol. The number of anilines is 2. The Morgan fingerprint density at radius 2 is 1.79 bits per heavy atom. The summed E-state index contributed by atoms with van der Waals surface area (Å²) in [6, 6.07) is 15.3. The molecule has 0 bridgehead atoms. The molecule has 6 heteroatoms. The number of piperazine rings is 1. The molecule has 1 aliphatic rings. The minimum atomic E-state index is -0.563. The van der Waals surface area contributed by atoms with Crippen LogP contribution in [-0.2, 0) is 4.79 Å². The highest BCUT2D eigenvalue weighted by Gasteiger charge is 2.23. The normalized spacial score (nSPS) is 16.6. The van der Waals surface area contributed by atoms with Gasteiger partial charge in [-0.3, -0.25) is 9.69 Å². The third-order valence-corrected chi connectivity index (χ3v) is 4.43. The Balaban J connectivity index is 1.46. The van der Waals surface area contributed by atoms with Gasteiger partial charge in [-0.25, -0.2) is 4.98 Å². The number of aromatic nitrogens is 1. The van der Waals surface area contributed by atoms with Crippen molar-refractivity contribution in [3.05, 3.63) is 54.7 Å². The van der Waals surface area contributed by atoms with E-state index >= 15 is 0 Å². The number of para-hydroxylation sites is 1. The van der Waals surface area contributed by atoms with Gasteiger partial charge in [0.15, 0.2) is 0 Å². The van der Waals surface area contributed by atoms with Gasteiger partial charge in [-0.1, -0.05) is 24.3 Å². The molecule has 0 aliphatic carbocycles. The van der Waals surface area contributed by atoms with Crippen LogP contribution in [0.15, 0.2) is 54.7 Å². The maximum atomic E-state index is 12.2. The van der Waals surface area contributed by atoms with E-state index < -0.39 is 5.38 Å². The number of nitrogens with zero attached hydrogens (tertiary/aromatic N) is 3. The molecular formula is C18H21ClN4O. The van der Waals surface area contributed by atoms with Gasteiger partial charge < -0.3 is 10.2 Å². The van der Waals surface area contributed by atoms with Crippen molar-refractivity contribution >= 4 is 29.0 Å². The summed E-state index contributed by atoms with van der Waals surface area (Å²) >= 11 is 6.29. The second-order valence-corrected chi connectivity index (χ2v) is 6.33. The van der Waals surface area contributed by atoms with Gasteiger partial charge in [-0.15, -0.1) is 11.6 Å². The summed E-state index contributed by atoms with van der Waals surface area (Å²) in [5, 5.41) is 2.28. The highest BCUT2D eigenvalue weighted by atomic mass is 35.5. The van der Waals surface area contributed by atoms with Crippen LogP contribution in [0.1, 0.15) is 0 Å². The van der Waals surface area contributed by atoms with E-state index in [9.17, 15) is 4.79 Å². The van der Waals surface area contributed by atoms with E-state index in [0.717, 1.165) is 37.7 Å². The van der Waals surface area contributed by atoms with E-state index in [1.54, 1.807) is 0 Å². The lowest BCUT2D eigenvalue weighted by Gasteiger charge is -2.35. The molecular weight excluding hydrogens is 324 g/mol. The van der Waals surface area contributed by atoms with Crippen LogP contribution in [0.25, 0.3) is 0 Å². The molecule has 1 aromatic carbocycles. The third-order valence-electron chi connectivity index (χ3n) is 4.09. The summed E-state index contributed by atoms with van der Waals surface area (Å²) in [5.74, 6) is 0.844. The number of nitrogens with one attached hydrogen (secondary N) is 1. The SMILES string of the molecule is O=C(Nc1ccccc1)C(Cl)CN1CCN(c2ccccn2)CC1. The topological polar surface area (TPSA) is 48.5 Å². The third kappa shape index (κ3) is 4.46. The van der Waals surface area contributed by atoms with Crippen LogP contribution < -0.4 is 10.2 Å². The lowest BCUT2D eigenvalue weighted by molar-refractivity contribution is -0.116. The second kappa shape index (κ2) is 8.13. The summed E-state index contributed by atoms with van der Waals surface area (Å²) in [6.45, 7) is 4.08. The Morgan fingerprint density at radius 3 is 2.46 bits per heavy atom. The van der Waals surface area contributed by atoms with Gasteiger partial charge in [0.05, 0.1) is 0 Å². The molecule has 1 fully saturated rings. The fraction of sp³-hybridized carbons (Fsp3) is 0.333. The molecule has 1 aromatic heterocycles. The molecule has 1 N–H and O–H groups in total. The Hall–Kier alpha value is -2.11. The Labute approximate surface area is 147 Å². The molecule has 0 radical (unpaired) electrons. The minimum Gasteiger partial charge on any atom is -0.354 e. The number of pyridine rings is 1. The molecule has 24 heavy (non-hydrogen) atoms. The lowest BCUT2D eigenvalue weighted by atomic mass is 10.2. The highest BCUT2D eigenvalue weighted by Crippen LogP contribution is 2.14. The van der Waals surface area contributed by atoms with Gasteiger partial charge in [0.2, 0.25) is 5.91 Å². The molecule has 0 spiro atoms. The molecule has 1 atom stereocenters. The fourth-order valence-corrected chi connectivity index (χ4v) is 3.00. The molecule has 1 amide bonds. The first kappa shape index (κ1) is 16.7. The summed E-state index contributed by atoms with van der Waals surface area (Å²) in [6.07, 6.45) is 1.81. The van der Waals surface area contributed by atoms with E-state index in [0.29, 0.717) is 6.54 Å². The van der Waals surface area contributed by atoms with E-state index in [1.807, 2.05) is 54.7 Å². The molecule has 1 saturated heterocycles. The van der Waals surface area contributed by atoms with Gasteiger partial charge in [-0.05, 0) is 24.3 Å². The number of carbonyl (C=O) groups excluding carboxylic acids is 1. The fourth-order valence-electron chi connectivity index (χ4n) is 2.75.